The SMILES string of the molecule is CNCC(NI)C(=O)N(C1CCOCC1)C(Cc1cccc(OC(F)(F)F)c1)C(=O)OC. The Morgan fingerprint density at radius 1 is 1.31 bits per heavy atom. The van der Waals surface area contributed by atoms with E-state index in [1.807, 2.05) is 22.9 Å². The predicted octanol–water partition coefficient (Wildman–Crippen LogP) is 2.20. The number of methoxy groups -OCH3 is 1. The van der Waals surface area contributed by atoms with Gasteiger partial charge in [-0.1, -0.05) is 12.1 Å². The molecule has 1 aromatic carbocycles. The van der Waals surface area contributed by atoms with Gasteiger partial charge in [0.05, 0.1) is 7.11 Å². The van der Waals surface area contributed by atoms with E-state index in [4.69, 9.17) is 9.47 Å². The average molecular weight is 573 g/mol. The summed E-state index contributed by atoms with van der Waals surface area (Å²) in [4.78, 5) is 27.8. The molecule has 0 aliphatic carbocycles. The van der Waals surface area contributed by atoms with Gasteiger partial charge in [-0.2, -0.15) is 0 Å². The molecule has 0 radical (unpaired) electrons. The Hall–Kier alpha value is -1.64. The van der Waals surface area contributed by atoms with Crippen molar-refractivity contribution in [2.75, 3.05) is 33.9 Å². The van der Waals surface area contributed by atoms with Crippen molar-refractivity contribution in [2.45, 2.75) is 43.8 Å². The molecule has 2 rings (SSSR count). The van der Waals surface area contributed by atoms with E-state index in [-0.39, 0.29) is 18.4 Å². The maximum absolute atomic E-state index is 13.5. The lowest BCUT2D eigenvalue weighted by atomic mass is 9.98. The number of nitrogens with zero attached hydrogens (tertiary/aromatic N) is 1. The number of rotatable bonds is 10. The zero-order chi connectivity index (χ0) is 23.7. The lowest BCUT2D eigenvalue weighted by Crippen LogP contribution is -2.59. The number of halogens is 4. The quantitative estimate of drug-likeness (QED) is 0.252. The molecule has 2 unspecified atom stereocenters. The Morgan fingerprint density at radius 3 is 2.56 bits per heavy atom. The summed E-state index contributed by atoms with van der Waals surface area (Å²) in [6.07, 6.45) is -3.80. The molecule has 1 amide bonds. The maximum Gasteiger partial charge on any atom is 0.573 e. The normalized spacial score (nSPS) is 16.8. The Labute approximate surface area is 198 Å². The van der Waals surface area contributed by atoms with Crippen LogP contribution in [0.3, 0.4) is 0 Å². The highest BCUT2D eigenvalue weighted by Crippen LogP contribution is 2.26. The summed E-state index contributed by atoms with van der Waals surface area (Å²) in [7, 11) is 2.92. The summed E-state index contributed by atoms with van der Waals surface area (Å²) < 4.78 is 55.2. The van der Waals surface area contributed by atoms with Crippen LogP contribution in [0.1, 0.15) is 18.4 Å². The number of esters is 1. The van der Waals surface area contributed by atoms with Crippen molar-refractivity contribution in [3.63, 3.8) is 0 Å². The van der Waals surface area contributed by atoms with Gasteiger partial charge in [-0.25, -0.2) is 8.32 Å². The van der Waals surface area contributed by atoms with Crippen molar-refractivity contribution in [1.82, 2.24) is 13.7 Å². The number of amides is 1. The van der Waals surface area contributed by atoms with Gasteiger partial charge in [0.15, 0.2) is 0 Å². The second-order valence-electron chi connectivity index (χ2n) is 7.25. The van der Waals surface area contributed by atoms with Crippen LogP contribution < -0.4 is 13.6 Å². The molecule has 2 N–H and O–H groups in total. The third kappa shape index (κ3) is 7.74. The van der Waals surface area contributed by atoms with E-state index < -0.39 is 30.2 Å². The molecule has 1 aliphatic rings. The van der Waals surface area contributed by atoms with E-state index in [1.54, 1.807) is 13.1 Å². The molecule has 1 fully saturated rings. The third-order valence-corrected chi connectivity index (χ3v) is 5.80. The van der Waals surface area contributed by atoms with Gasteiger partial charge in [-0.05, 0) is 37.6 Å². The smallest absolute Gasteiger partial charge is 0.467 e. The van der Waals surface area contributed by atoms with Crippen LogP contribution in [-0.4, -0.2) is 75.2 Å². The van der Waals surface area contributed by atoms with E-state index in [0.717, 1.165) is 0 Å². The highest BCUT2D eigenvalue weighted by molar-refractivity contribution is 14.1. The lowest BCUT2D eigenvalue weighted by Gasteiger charge is -2.40. The molecular weight excluding hydrogens is 546 g/mol. The molecule has 0 saturated carbocycles. The van der Waals surface area contributed by atoms with Crippen LogP contribution in [0.15, 0.2) is 24.3 Å². The summed E-state index contributed by atoms with van der Waals surface area (Å²) in [5.41, 5.74) is 0.402. The fraction of sp³-hybridized carbons (Fsp3) is 0.600. The molecular formula is C20H27F3IN3O5. The molecule has 180 valence electrons. The largest absolute Gasteiger partial charge is 0.573 e. The highest BCUT2D eigenvalue weighted by atomic mass is 127. The van der Waals surface area contributed by atoms with Gasteiger partial charge in [0.25, 0.3) is 0 Å². The summed E-state index contributed by atoms with van der Waals surface area (Å²) in [5.74, 6) is -1.35. The van der Waals surface area contributed by atoms with Crippen LogP contribution in [0.25, 0.3) is 0 Å². The first-order valence-corrected chi connectivity index (χ1v) is 11.1. The first-order valence-electron chi connectivity index (χ1n) is 10.0. The molecule has 0 spiro atoms. The highest BCUT2D eigenvalue weighted by Gasteiger charge is 2.39. The van der Waals surface area contributed by atoms with Crippen LogP contribution >= 0.6 is 22.9 Å². The van der Waals surface area contributed by atoms with Crippen molar-refractivity contribution in [2.24, 2.45) is 0 Å². The Balaban J connectivity index is 2.39. The number of nitrogens with one attached hydrogen (secondary N) is 2. The summed E-state index contributed by atoms with van der Waals surface area (Å²) in [6.45, 7) is 1.20. The van der Waals surface area contributed by atoms with E-state index in [0.29, 0.717) is 38.2 Å². The van der Waals surface area contributed by atoms with E-state index in [2.05, 4.69) is 13.6 Å². The molecule has 12 heteroatoms. The first kappa shape index (κ1) is 26.6. The molecule has 2 atom stereocenters. The number of benzene rings is 1. The van der Waals surface area contributed by atoms with Gasteiger partial charge in [-0.15, -0.1) is 13.2 Å². The average Bonchev–Trinajstić information content (AvgIpc) is 2.76. The Bertz CT molecular complexity index is 762. The molecule has 8 nitrogen and oxygen atoms in total. The van der Waals surface area contributed by atoms with E-state index >= 15 is 0 Å². The van der Waals surface area contributed by atoms with Crippen molar-refractivity contribution in [3.05, 3.63) is 29.8 Å². The first-order chi connectivity index (χ1) is 15.2. The minimum absolute atomic E-state index is 0.0294. The van der Waals surface area contributed by atoms with E-state index in [9.17, 15) is 22.8 Å². The number of ether oxygens (including phenoxy) is 3. The fourth-order valence-corrected chi connectivity index (χ4v) is 4.12. The van der Waals surface area contributed by atoms with E-state index in [1.165, 1.54) is 30.2 Å². The number of hydrogen-bond acceptors (Lipinski definition) is 7. The molecule has 1 heterocycles. The molecule has 1 aliphatic heterocycles. The van der Waals surface area contributed by atoms with Crippen molar-refractivity contribution >= 4 is 34.7 Å². The monoisotopic (exact) mass is 573 g/mol. The Kier molecular flexibility index (Phi) is 10.4. The Morgan fingerprint density at radius 2 is 2.00 bits per heavy atom. The number of hydrogen-bond donors (Lipinski definition) is 2. The standard InChI is InChI=1S/C20H27F3IN3O5/c1-25-12-16(26-24)18(28)27(14-6-8-31-9-7-14)17(19(29)30-2)11-13-4-3-5-15(10-13)32-20(21,22)23/h3-5,10,14,16-17,25-26H,6-9,11-12H2,1-2H3. The zero-order valence-corrected chi connectivity index (χ0v) is 19.9. The number of carbonyl (C=O) groups excluding carboxylic acids is 2. The van der Waals surface area contributed by atoms with Gasteiger partial charge in [0.1, 0.15) is 17.8 Å². The summed E-state index contributed by atoms with van der Waals surface area (Å²) >= 11 is 1.88. The molecule has 0 bridgehead atoms. The second kappa shape index (κ2) is 12.6. The van der Waals surface area contributed by atoms with Crippen LogP contribution in [0.4, 0.5) is 13.2 Å². The fourth-order valence-electron chi connectivity index (χ4n) is 3.63. The van der Waals surface area contributed by atoms with Gasteiger partial charge in [0.2, 0.25) is 5.91 Å². The minimum atomic E-state index is -4.84. The van der Waals surface area contributed by atoms with Crippen molar-refractivity contribution in [1.29, 1.82) is 0 Å². The van der Waals surface area contributed by atoms with Crippen LogP contribution in [0, 0.1) is 0 Å². The van der Waals surface area contributed by atoms with Gasteiger partial charge >= 0.3 is 12.3 Å². The minimum Gasteiger partial charge on any atom is -0.467 e. The summed E-state index contributed by atoms with van der Waals surface area (Å²) in [6, 6.07) is 3.44. The topological polar surface area (TPSA) is 89.1 Å². The zero-order valence-electron chi connectivity index (χ0n) is 17.8. The van der Waals surface area contributed by atoms with Crippen LogP contribution in [0.2, 0.25) is 0 Å². The maximum atomic E-state index is 13.5. The number of carbonyl (C=O) groups is 2. The molecule has 1 saturated heterocycles. The lowest BCUT2D eigenvalue weighted by molar-refractivity contribution is -0.274. The van der Waals surface area contributed by atoms with Gasteiger partial charge < -0.3 is 24.4 Å². The van der Waals surface area contributed by atoms with Crippen molar-refractivity contribution in [3.8, 4) is 5.75 Å². The third-order valence-electron chi connectivity index (χ3n) is 5.05. The summed E-state index contributed by atoms with van der Waals surface area (Å²) in [5, 5.41) is 2.94. The second-order valence-corrected chi connectivity index (χ2v) is 7.87. The van der Waals surface area contributed by atoms with Crippen LogP contribution in [0.5, 0.6) is 5.75 Å². The van der Waals surface area contributed by atoms with Gasteiger partial charge in [0, 0.05) is 55.1 Å². The van der Waals surface area contributed by atoms with Crippen molar-refractivity contribution < 1.29 is 37.0 Å². The molecule has 32 heavy (non-hydrogen) atoms. The predicted molar refractivity (Wildman–Crippen MR) is 118 cm³/mol. The molecule has 1 aromatic rings. The molecule has 0 aromatic heterocycles. The van der Waals surface area contributed by atoms with Crippen LogP contribution in [-0.2, 0) is 25.5 Å². The number of alkyl halides is 3. The number of likely N-dealkylation sites (N-methyl/N-ethyl adjacent to an activating group) is 1. The van der Waals surface area contributed by atoms with Gasteiger partial charge in [-0.3, -0.25) is 4.79 Å².